The van der Waals surface area contributed by atoms with Gasteiger partial charge in [-0.3, -0.25) is 9.52 Å². The van der Waals surface area contributed by atoms with Crippen molar-refractivity contribution >= 4 is 44.6 Å². The van der Waals surface area contributed by atoms with Crippen molar-refractivity contribution in [2.45, 2.75) is 24.7 Å². The summed E-state index contributed by atoms with van der Waals surface area (Å²) in [6.07, 6.45) is 1.78. The molecule has 0 aliphatic heterocycles. The highest BCUT2D eigenvalue weighted by molar-refractivity contribution is 7.92. The summed E-state index contributed by atoms with van der Waals surface area (Å²) in [6, 6.07) is 12.8. The maximum absolute atomic E-state index is 12.5. The predicted molar refractivity (Wildman–Crippen MR) is 112 cm³/mol. The average Bonchev–Trinajstić information content (AvgIpc) is 3.49. The Bertz CT molecular complexity index is 954. The van der Waals surface area contributed by atoms with Gasteiger partial charge < -0.3 is 15.4 Å². The van der Waals surface area contributed by atoms with Gasteiger partial charge in [0.2, 0.25) is 5.91 Å². The van der Waals surface area contributed by atoms with Crippen molar-refractivity contribution in [1.82, 2.24) is 5.32 Å². The van der Waals surface area contributed by atoms with Gasteiger partial charge in [-0.15, -0.1) is 0 Å². The van der Waals surface area contributed by atoms with Gasteiger partial charge in [-0.1, -0.05) is 0 Å². The van der Waals surface area contributed by atoms with E-state index in [0.29, 0.717) is 23.7 Å². The first kappa shape index (κ1) is 20.1. The maximum atomic E-state index is 12.5. The van der Waals surface area contributed by atoms with E-state index < -0.39 is 10.0 Å². The second kappa shape index (κ2) is 8.57. The van der Waals surface area contributed by atoms with Gasteiger partial charge in [0.25, 0.3) is 10.0 Å². The van der Waals surface area contributed by atoms with Crippen LogP contribution in [0.1, 0.15) is 19.8 Å². The molecule has 1 aliphatic rings. The molecular formula is C19H21N3O4S2. The van der Waals surface area contributed by atoms with Gasteiger partial charge in [-0.05, 0) is 80.5 Å². The van der Waals surface area contributed by atoms with E-state index in [0.717, 1.165) is 12.8 Å². The van der Waals surface area contributed by atoms with Gasteiger partial charge >= 0.3 is 0 Å². The molecule has 28 heavy (non-hydrogen) atoms. The Hall–Kier alpha value is -2.65. The number of hydrogen-bond donors (Lipinski definition) is 3. The lowest BCUT2D eigenvalue weighted by Crippen LogP contribution is -2.35. The summed E-state index contributed by atoms with van der Waals surface area (Å²) >= 11 is 5.10. The summed E-state index contributed by atoms with van der Waals surface area (Å²) in [4.78, 5) is 11.8. The van der Waals surface area contributed by atoms with Crippen molar-refractivity contribution in [1.29, 1.82) is 0 Å². The highest BCUT2D eigenvalue weighted by Crippen LogP contribution is 2.28. The molecule has 0 saturated heterocycles. The molecule has 0 aromatic heterocycles. The quantitative estimate of drug-likeness (QED) is 0.597. The third-order valence-corrected chi connectivity index (χ3v) is 5.63. The van der Waals surface area contributed by atoms with Crippen molar-refractivity contribution in [3.05, 3.63) is 48.5 Å². The Labute approximate surface area is 169 Å². The molecule has 2 aromatic rings. The number of carbonyl (C=O) groups is 1. The van der Waals surface area contributed by atoms with E-state index in [1.807, 2.05) is 6.92 Å². The number of carbonyl (C=O) groups excluding carboxylic acids is 1. The first-order valence-corrected chi connectivity index (χ1v) is 10.7. The standard InChI is InChI=1S/C19H21N3O4S2/c1-2-26-16-9-5-15(6-10-16)22-28(24,25)17-11-7-14(8-12-17)20-19(27)21-18(23)13-3-4-13/h5-13,22H,2-4H2,1H3,(H2,20,21,23,27). The lowest BCUT2D eigenvalue weighted by molar-refractivity contribution is -0.120. The minimum Gasteiger partial charge on any atom is -0.494 e. The summed E-state index contributed by atoms with van der Waals surface area (Å²) in [5.41, 5.74) is 1.02. The normalized spacial score (nSPS) is 13.5. The first-order valence-electron chi connectivity index (χ1n) is 8.85. The third kappa shape index (κ3) is 5.43. The number of hydrogen-bond acceptors (Lipinski definition) is 5. The Balaban J connectivity index is 1.60. The molecule has 148 valence electrons. The van der Waals surface area contributed by atoms with E-state index in [1.54, 1.807) is 36.4 Å². The van der Waals surface area contributed by atoms with Gasteiger partial charge in [-0.2, -0.15) is 0 Å². The van der Waals surface area contributed by atoms with Crippen LogP contribution >= 0.6 is 12.2 Å². The molecule has 1 saturated carbocycles. The number of amides is 1. The number of benzene rings is 2. The summed E-state index contributed by atoms with van der Waals surface area (Å²) in [5.74, 6) is 0.641. The van der Waals surface area contributed by atoms with Gasteiger partial charge in [0.05, 0.1) is 11.5 Å². The Kier molecular flexibility index (Phi) is 6.15. The molecule has 0 radical (unpaired) electrons. The second-order valence-corrected chi connectivity index (χ2v) is 8.40. The van der Waals surface area contributed by atoms with Crippen LogP contribution in [0.5, 0.6) is 5.75 Å². The molecule has 3 N–H and O–H groups in total. The lowest BCUT2D eigenvalue weighted by Gasteiger charge is -2.11. The summed E-state index contributed by atoms with van der Waals surface area (Å²) < 4.78 is 32.9. The second-order valence-electron chi connectivity index (χ2n) is 6.30. The molecule has 3 rings (SSSR count). The SMILES string of the molecule is CCOc1ccc(NS(=O)(=O)c2ccc(NC(=S)NC(=O)C3CC3)cc2)cc1. The van der Waals surface area contributed by atoms with E-state index in [2.05, 4.69) is 15.4 Å². The van der Waals surface area contributed by atoms with Crippen molar-refractivity contribution < 1.29 is 17.9 Å². The number of rotatable bonds is 7. The smallest absolute Gasteiger partial charge is 0.261 e. The zero-order chi connectivity index (χ0) is 20.1. The number of nitrogens with one attached hydrogen (secondary N) is 3. The molecular weight excluding hydrogens is 398 g/mol. The zero-order valence-electron chi connectivity index (χ0n) is 15.3. The van der Waals surface area contributed by atoms with Crippen LogP contribution in [0.25, 0.3) is 0 Å². The molecule has 1 aliphatic carbocycles. The van der Waals surface area contributed by atoms with Crippen LogP contribution in [-0.2, 0) is 14.8 Å². The van der Waals surface area contributed by atoms with E-state index in [1.165, 1.54) is 12.1 Å². The van der Waals surface area contributed by atoms with E-state index in [4.69, 9.17) is 17.0 Å². The average molecular weight is 420 g/mol. The lowest BCUT2D eigenvalue weighted by atomic mass is 10.3. The van der Waals surface area contributed by atoms with Crippen LogP contribution in [0.2, 0.25) is 0 Å². The Morgan fingerprint density at radius 1 is 1.07 bits per heavy atom. The monoisotopic (exact) mass is 419 g/mol. The zero-order valence-corrected chi connectivity index (χ0v) is 16.9. The predicted octanol–water partition coefficient (Wildman–Crippen LogP) is 3.11. The minimum atomic E-state index is -3.73. The first-order chi connectivity index (χ1) is 13.4. The number of sulfonamides is 1. The molecule has 9 heteroatoms. The van der Waals surface area contributed by atoms with Gasteiger partial charge in [-0.25, -0.2) is 8.42 Å². The molecule has 1 amide bonds. The van der Waals surface area contributed by atoms with Crippen molar-refractivity contribution in [2.24, 2.45) is 5.92 Å². The van der Waals surface area contributed by atoms with Crippen LogP contribution in [0.4, 0.5) is 11.4 Å². The van der Waals surface area contributed by atoms with Gasteiger partial charge in [0.1, 0.15) is 5.75 Å². The Morgan fingerprint density at radius 2 is 1.68 bits per heavy atom. The molecule has 0 bridgehead atoms. The molecule has 0 heterocycles. The van der Waals surface area contributed by atoms with Crippen molar-refractivity contribution in [2.75, 3.05) is 16.6 Å². The van der Waals surface area contributed by atoms with Crippen molar-refractivity contribution in [3.63, 3.8) is 0 Å². The summed E-state index contributed by atoms with van der Waals surface area (Å²) in [7, 11) is -3.73. The summed E-state index contributed by atoms with van der Waals surface area (Å²) in [6.45, 7) is 2.42. The highest BCUT2D eigenvalue weighted by Gasteiger charge is 2.30. The number of anilines is 2. The van der Waals surface area contributed by atoms with Crippen LogP contribution in [0.3, 0.4) is 0 Å². The highest BCUT2D eigenvalue weighted by atomic mass is 32.2. The van der Waals surface area contributed by atoms with Crippen molar-refractivity contribution in [3.8, 4) is 5.75 Å². The molecule has 0 atom stereocenters. The molecule has 0 spiro atoms. The van der Waals surface area contributed by atoms with Crippen LogP contribution in [0.15, 0.2) is 53.4 Å². The third-order valence-electron chi connectivity index (χ3n) is 4.02. The topological polar surface area (TPSA) is 96.5 Å². The van der Waals surface area contributed by atoms with E-state index >= 15 is 0 Å². The molecule has 1 fully saturated rings. The fourth-order valence-corrected chi connectivity index (χ4v) is 3.72. The minimum absolute atomic E-state index is 0.0564. The van der Waals surface area contributed by atoms with E-state index in [9.17, 15) is 13.2 Å². The van der Waals surface area contributed by atoms with Crippen LogP contribution in [0, 0.1) is 5.92 Å². The number of thiocarbonyl (C=S) groups is 1. The van der Waals surface area contributed by atoms with Gasteiger partial charge in [0, 0.05) is 17.3 Å². The number of ether oxygens (including phenoxy) is 1. The maximum Gasteiger partial charge on any atom is 0.261 e. The fourth-order valence-electron chi connectivity index (χ4n) is 2.44. The van der Waals surface area contributed by atoms with E-state index in [-0.39, 0.29) is 21.8 Å². The largest absolute Gasteiger partial charge is 0.494 e. The summed E-state index contributed by atoms with van der Waals surface area (Å²) in [5, 5.41) is 5.69. The Morgan fingerprint density at radius 3 is 2.25 bits per heavy atom. The molecule has 7 nitrogen and oxygen atoms in total. The van der Waals surface area contributed by atoms with Crippen LogP contribution < -0.4 is 20.1 Å². The molecule has 2 aromatic carbocycles. The molecule has 0 unspecified atom stereocenters. The fraction of sp³-hybridized carbons (Fsp3) is 0.263. The van der Waals surface area contributed by atoms with Crippen LogP contribution in [-0.4, -0.2) is 26.0 Å². The van der Waals surface area contributed by atoms with Gasteiger partial charge in [0.15, 0.2) is 5.11 Å².